The van der Waals surface area contributed by atoms with Crippen LogP contribution in [0.1, 0.15) is 31.4 Å². The number of sulfonamides is 1. The summed E-state index contributed by atoms with van der Waals surface area (Å²) in [6, 6.07) is 14.3. The predicted molar refractivity (Wildman–Crippen MR) is 106 cm³/mol. The van der Waals surface area contributed by atoms with E-state index in [1.54, 1.807) is 55.5 Å². The lowest BCUT2D eigenvalue weighted by Gasteiger charge is -2.30. The van der Waals surface area contributed by atoms with Gasteiger partial charge in [-0.05, 0) is 38.0 Å². The first-order valence-electron chi connectivity index (χ1n) is 9.29. The molecule has 9 heteroatoms. The van der Waals surface area contributed by atoms with Crippen molar-refractivity contribution in [3.8, 4) is 0 Å². The summed E-state index contributed by atoms with van der Waals surface area (Å²) >= 11 is 0. The SMILES string of the molecule is CC(OC(=O)C1CCN(S(=O)(=O)c2ccccc2)CC1)c1ccccc1[N+](=O)[O-]. The second-order valence-electron chi connectivity index (χ2n) is 6.89. The van der Waals surface area contributed by atoms with Crippen LogP contribution in [0.3, 0.4) is 0 Å². The number of ether oxygens (including phenoxy) is 1. The molecule has 2 aromatic rings. The van der Waals surface area contributed by atoms with Gasteiger partial charge >= 0.3 is 5.97 Å². The van der Waals surface area contributed by atoms with Gasteiger partial charge in [-0.25, -0.2) is 8.42 Å². The molecular weight excluding hydrogens is 396 g/mol. The van der Waals surface area contributed by atoms with Crippen LogP contribution < -0.4 is 0 Å². The van der Waals surface area contributed by atoms with E-state index in [0.29, 0.717) is 18.4 Å². The molecule has 0 bridgehead atoms. The molecule has 8 nitrogen and oxygen atoms in total. The number of piperidine rings is 1. The van der Waals surface area contributed by atoms with E-state index in [9.17, 15) is 23.3 Å². The van der Waals surface area contributed by atoms with Crippen molar-refractivity contribution >= 4 is 21.7 Å². The number of benzene rings is 2. The molecule has 2 aromatic carbocycles. The third-order valence-corrected chi connectivity index (χ3v) is 6.95. The van der Waals surface area contributed by atoms with E-state index in [1.165, 1.54) is 10.4 Å². The standard InChI is InChI=1S/C20H22N2O6S/c1-15(18-9-5-6-10-19(18)22(24)25)28-20(23)16-11-13-21(14-12-16)29(26,27)17-7-3-2-4-8-17/h2-10,15-16H,11-14H2,1H3. The summed E-state index contributed by atoms with van der Waals surface area (Å²) in [7, 11) is -3.59. The van der Waals surface area contributed by atoms with Gasteiger partial charge in [0.25, 0.3) is 5.69 Å². The van der Waals surface area contributed by atoms with Gasteiger partial charge in [0.1, 0.15) is 6.10 Å². The van der Waals surface area contributed by atoms with Crippen LogP contribution >= 0.6 is 0 Å². The first kappa shape index (κ1) is 20.9. The molecule has 1 atom stereocenters. The maximum Gasteiger partial charge on any atom is 0.309 e. The lowest BCUT2D eigenvalue weighted by molar-refractivity contribution is -0.386. The third kappa shape index (κ3) is 4.63. The molecule has 154 valence electrons. The molecule has 29 heavy (non-hydrogen) atoms. The minimum absolute atomic E-state index is 0.100. The Labute approximate surface area is 169 Å². The Morgan fingerprint density at radius 2 is 1.69 bits per heavy atom. The Morgan fingerprint density at radius 1 is 1.10 bits per heavy atom. The zero-order chi connectivity index (χ0) is 21.0. The van der Waals surface area contributed by atoms with Crippen LogP contribution in [0.25, 0.3) is 0 Å². The van der Waals surface area contributed by atoms with Gasteiger partial charge < -0.3 is 4.74 Å². The Balaban J connectivity index is 1.61. The van der Waals surface area contributed by atoms with Crippen LogP contribution in [0.4, 0.5) is 5.69 Å². The molecule has 0 spiro atoms. The second kappa shape index (κ2) is 8.71. The minimum atomic E-state index is -3.59. The lowest BCUT2D eigenvalue weighted by Crippen LogP contribution is -2.40. The van der Waals surface area contributed by atoms with Crippen LogP contribution in [0.5, 0.6) is 0 Å². The highest BCUT2D eigenvalue weighted by Crippen LogP contribution is 2.30. The summed E-state index contributed by atoms with van der Waals surface area (Å²) in [6.45, 7) is 2.03. The van der Waals surface area contributed by atoms with Gasteiger partial charge in [-0.15, -0.1) is 0 Å². The van der Waals surface area contributed by atoms with E-state index < -0.39 is 32.9 Å². The summed E-state index contributed by atoms with van der Waals surface area (Å²) in [4.78, 5) is 23.4. The molecule has 1 unspecified atom stereocenters. The maximum atomic E-state index is 12.7. The zero-order valence-electron chi connectivity index (χ0n) is 15.9. The number of nitro benzene ring substituents is 1. The van der Waals surface area contributed by atoms with Crippen molar-refractivity contribution in [2.75, 3.05) is 13.1 Å². The Bertz CT molecular complexity index is 985. The van der Waals surface area contributed by atoms with Crippen molar-refractivity contribution in [2.24, 2.45) is 5.92 Å². The minimum Gasteiger partial charge on any atom is -0.457 e. The fourth-order valence-corrected chi connectivity index (χ4v) is 4.90. The molecule has 0 aliphatic carbocycles. The largest absolute Gasteiger partial charge is 0.457 e. The number of hydrogen-bond acceptors (Lipinski definition) is 6. The molecule has 0 amide bonds. The molecule has 1 fully saturated rings. The Morgan fingerprint density at radius 3 is 2.31 bits per heavy atom. The van der Waals surface area contributed by atoms with E-state index in [1.807, 2.05) is 0 Å². The number of carbonyl (C=O) groups excluding carboxylic acids is 1. The normalized spacial score (nSPS) is 16.9. The number of esters is 1. The maximum absolute atomic E-state index is 12.7. The summed E-state index contributed by atoms with van der Waals surface area (Å²) in [5.74, 6) is -0.908. The van der Waals surface area contributed by atoms with Gasteiger partial charge in [0.15, 0.2) is 0 Å². The summed E-state index contributed by atoms with van der Waals surface area (Å²) in [5, 5.41) is 11.2. The summed E-state index contributed by atoms with van der Waals surface area (Å²) < 4.78 is 32.2. The fourth-order valence-electron chi connectivity index (χ4n) is 3.40. The van der Waals surface area contributed by atoms with Crippen LogP contribution in [-0.4, -0.2) is 36.7 Å². The van der Waals surface area contributed by atoms with Crippen molar-refractivity contribution in [1.29, 1.82) is 0 Å². The third-order valence-electron chi connectivity index (χ3n) is 5.03. The predicted octanol–water partition coefficient (Wildman–Crippen LogP) is 3.30. The van der Waals surface area contributed by atoms with Gasteiger partial charge in [-0.1, -0.05) is 30.3 Å². The van der Waals surface area contributed by atoms with Crippen LogP contribution in [0, 0.1) is 16.0 Å². The number of hydrogen-bond donors (Lipinski definition) is 0. The molecule has 1 aliphatic heterocycles. The summed E-state index contributed by atoms with van der Waals surface area (Å²) in [5.41, 5.74) is 0.228. The highest BCUT2D eigenvalue weighted by molar-refractivity contribution is 7.89. The number of carbonyl (C=O) groups is 1. The molecular formula is C20H22N2O6S. The molecule has 0 aromatic heterocycles. The highest BCUT2D eigenvalue weighted by atomic mass is 32.2. The lowest BCUT2D eigenvalue weighted by atomic mass is 9.98. The van der Waals surface area contributed by atoms with E-state index in [-0.39, 0.29) is 23.7 Å². The Hall–Kier alpha value is -2.78. The molecule has 3 rings (SSSR count). The highest BCUT2D eigenvalue weighted by Gasteiger charge is 2.33. The molecule has 0 radical (unpaired) electrons. The second-order valence-corrected chi connectivity index (χ2v) is 8.82. The first-order chi connectivity index (χ1) is 13.8. The van der Waals surface area contributed by atoms with Gasteiger partial charge in [0.2, 0.25) is 10.0 Å². The average Bonchev–Trinajstić information content (AvgIpc) is 2.74. The molecule has 1 saturated heterocycles. The van der Waals surface area contributed by atoms with Gasteiger partial charge in [-0.3, -0.25) is 14.9 Å². The van der Waals surface area contributed by atoms with E-state index in [4.69, 9.17) is 4.74 Å². The van der Waals surface area contributed by atoms with Crippen molar-refractivity contribution < 1.29 is 22.9 Å². The average molecular weight is 418 g/mol. The van der Waals surface area contributed by atoms with Crippen molar-refractivity contribution in [3.05, 3.63) is 70.3 Å². The van der Waals surface area contributed by atoms with Crippen LogP contribution in [0.2, 0.25) is 0 Å². The van der Waals surface area contributed by atoms with Crippen molar-refractivity contribution in [2.45, 2.75) is 30.8 Å². The van der Waals surface area contributed by atoms with E-state index in [0.717, 1.165) is 0 Å². The fraction of sp³-hybridized carbons (Fsp3) is 0.350. The van der Waals surface area contributed by atoms with Crippen molar-refractivity contribution in [1.82, 2.24) is 4.31 Å². The monoisotopic (exact) mass is 418 g/mol. The van der Waals surface area contributed by atoms with E-state index in [2.05, 4.69) is 0 Å². The number of nitrogens with zero attached hydrogens (tertiary/aromatic N) is 2. The molecule has 1 aliphatic rings. The van der Waals surface area contributed by atoms with Crippen LogP contribution in [0.15, 0.2) is 59.5 Å². The van der Waals surface area contributed by atoms with Crippen molar-refractivity contribution in [3.63, 3.8) is 0 Å². The Kier molecular flexibility index (Phi) is 6.29. The number of nitro groups is 1. The van der Waals surface area contributed by atoms with Gasteiger partial charge in [0.05, 0.1) is 21.3 Å². The number of rotatable bonds is 6. The molecule has 1 heterocycles. The smallest absolute Gasteiger partial charge is 0.309 e. The molecule has 0 N–H and O–H groups in total. The topological polar surface area (TPSA) is 107 Å². The zero-order valence-corrected chi connectivity index (χ0v) is 16.7. The first-order valence-corrected chi connectivity index (χ1v) is 10.7. The van der Waals surface area contributed by atoms with Gasteiger partial charge in [-0.2, -0.15) is 4.31 Å². The number of para-hydroxylation sites is 1. The van der Waals surface area contributed by atoms with E-state index >= 15 is 0 Å². The summed E-state index contributed by atoms with van der Waals surface area (Å²) in [6.07, 6.45) is -0.0848. The molecule has 0 saturated carbocycles. The quantitative estimate of drug-likeness (QED) is 0.405. The van der Waals surface area contributed by atoms with Gasteiger partial charge in [0, 0.05) is 19.2 Å². The van der Waals surface area contributed by atoms with Crippen LogP contribution in [-0.2, 0) is 19.6 Å².